The van der Waals surface area contributed by atoms with Crippen molar-refractivity contribution in [2.24, 2.45) is 17.8 Å². The molecule has 2 saturated carbocycles. The standard InChI is InChI=1S/C68H81NO16/c1-5-51-37-53(64(72)75-4)38-54(60(51)85-68-63(78-41-49-30-18-9-19-31-49)62(77-40-48-28-16-8-17-29-48)59(44(2)81-68)76-39-47-26-14-7-15-27-47)83-67-57(69-45(3)70)61(58(71)56(84-67)43-80-65(73)52-34-22-11-23-35-52)82-55(36-46-24-12-6-13-25-46)66(74)79-42-50-32-20-10-21-33-50/h5,7-11,14-23,26-35,44,46,51,53-63,67-68,71H,1,6,12-13,24-25,36-43H2,2-4H3,(H,69,70)/t44-,51?,53?,54+,55-,56-,57?,58-,59-,60+,61?,62?,63-,67+,68?/m0/s1. The van der Waals surface area contributed by atoms with Crippen molar-refractivity contribution in [1.29, 1.82) is 0 Å². The van der Waals surface area contributed by atoms with Gasteiger partial charge in [0, 0.05) is 12.8 Å². The van der Waals surface area contributed by atoms with Crippen LogP contribution < -0.4 is 5.32 Å². The molecule has 4 fully saturated rings. The summed E-state index contributed by atoms with van der Waals surface area (Å²) in [6, 6.07) is 45.7. The fourth-order valence-electron chi connectivity index (χ4n) is 11.9. The molecule has 0 spiro atoms. The Morgan fingerprint density at radius 1 is 0.635 bits per heavy atom. The van der Waals surface area contributed by atoms with Gasteiger partial charge in [0.1, 0.15) is 55.9 Å². The van der Waals surface area contributed by atoms with E-state index in [9.17, 15) is 24.3 Å². The maximum atomic E-state index is 14.5. The molecule has 0 radical (unpaired) electrons. The summed E-state index contributed by atoms with van der Waals surface area (Å²) in [7, 11) is 1.32. The predicted octanol–water partition coefficient (Wildman–Crippen LogP) is 9.56. The summed E-state index contributed by atoms with van der Waals surface area (Å²) in [5.74, 6) is -3.62. The molecule has 4 aliphatic rings. The minimum atomic E-state index is -1.62. The molecule has 2 saturated heterocycles. The van der Waals surface area contributed by atoms with Gasteiger partial charge >= 0.3 is 17.9 Å². The van der Waals surface area contributed by atoms with E-state index >= 15 is 0 Å². The smallest absolute Gasteiger partial charge is 0.338 e. The molecule has 454 valence electrons. The van der Waals surface area contributed by atoms with E-state index in [1.165, 1.54) is 14.0 Å². The molecule has 17 nitrogen and oxygen atoms in total. The highest BCUT2D eigenvalue weighted by Crippen LogP contribution is 2.41. The Balaban J connectivity index is 1.07. The third kappa shape index (κ3) is 17.5. The van der Waals surface area contributed by atoms with Gasteiger partial charge in [-0.25, -0.2) is 9.59 Å². The molecule has 1 amide bonds. The molecule has 9 rings (SSSR count). The number of aliphatic hydroxyl groups excluding tert-OH is 1. The van der Waals surface area contributed by atoms with E-state index in [2.05, 4.69) is 11.9 Å². The maximum Gasteiger partial charge on any atom is 0.338 e. The van der Waals surface area contributed by atoms with Crippen LogP contribution in [0.15, 0.2) is 164 Å². The summed E-state index contributed by atoms with van der Waals surface area (Å²) in [4.78, 5) is 55.3. The van der Waals surface area contributed by atoms with Gasteiger partial charge in [0.15, 0.2) is 18.7 Å². The van der Waals surface area contributed by atoms with Crippen LogP contribution in [0.5, 0.6) is 0 Å². The molecule has 0 aromatic heterocycles. The maximum absolute atomic E-state index is 14.5. The highest BCUT2D eigenvalue weighted by atomic mass is 16.7. The number of methoxy groups -OCH3 is 1. The summed E-state index contributed by atoms with van der Waals surface area (Å²) in [6.07, 6.45) is -6.39. The summed E-state index contributed by atoms with van der Waals surface area (Å²) in [5, 5.41) is 15.5. The quantitative estimate of drug-likeness (QED) is 0.0301. The van der Waals surface area contributed by atoms with Crippen LogP contribution in [-0.2, 0) is 92.9 Å². The van der Waals surface area contributed by atoms with Crippen LogP contribution in [0, 0.1) is 17.8 Å². The molecule has 2 aliphatic heterocycles. The second-order valence-corrected chi connectivity index (χ2v) is 22.5. The number of hydrogen-bond donors (Lipinski definition) is 2. The van der Waals surface area contributed by atoms with Crippen molar-refractivity contribution in [2.45, 2.75) is 171 Å². The van der Waals surface area contributed by atoms with E-state index in [4.69, 9.17) is 52.1 Å². The minimum absolute atomic E-state index is 0.0146. The van der Waals surface area contributed by atoms with Gasteiger partial charge in [-0.1, -0.05) is 178 Å². The average molecular weight is 1170 g/mol. The first-order valence-corrected chi connectivity index (χ1v) is 29.8. The molecule has 85 heavy (non-hydrogen) atoms. The number of esters is 3. The molecule has 2 aliphatic carbocycles. The zero-order valence-corrected chi connectivity index (χ0v) is 48.7. The minimum Gasteiger partial charge on any atom is -0.469 e. The van der Waals surface area contributed by atoms with Gasteiger partial charge < -0.3 is 62.5 Å². The SMILES string of the molecule is C=CC1CC(C(=O)OC)C[C@@H](O[C@@H]2O[C@@H](COC(=O)c3ccccc3)[C@H](O)C(O[C@@H](CC3CCCCC3)C(=O)OCc3ccccc3)C2NC(C)=O)[C@@H]1OC1O[C@@H](C)[C@H](OCc2ccccc2)C(OCc2ccccc2)[C@@H]1OCc1ccccc1. The van der Waals surface area contributed by atoms with Gasteiger partial charge in [0.2, 0.25) is 5.91 Å². The normalized spacial score (nSPS) is 28.3. The van der Waals surface area contributed by atoms with Gasteiger partial charge in [-0.2, -0.15) is 0 Å². The van der Waals surface area contributed by atoms with Crippen LogP contribution in [0.3, 0.4) is 0 Å². The number of ether oxygens (including phenoxy) is 11. The number of rotatable bonds is 26. The lowest BCUT2D eigenvalue weighted by molar-refractivity contribution is -0.349. The fourth-order valence-corrected chi connectivity index (χ4v) is 11.9. The Bertz CT molecular complexity index is 2840. The third-order valence-electron chi connectivity index (χ3n) is 16.4. The molecule has 5 aromatic rings. The van der Waals surface area contributed by atoms with E-state index in [0.717, 1.165) is 54.4 Å². The number of benzene rings is 5. The number of carbonyl (C=O) groups excluding carboxylic acids is 4. The van der Waals surface area contributed by atoms with Gasteiger partial charge in [-0.3, -0.25) is 9.59 Å². The zero-order chi connectivity index (χ0) is 59.5. The van der Waals surface area contributed by atoms with Crippen molar-refractivity contribution < 1.29 is 76.4 Å². The topological polar surface area (TPSA) is 202 Å². The largest absolute Gasteiger partial charge is 0.469 e. The van der Waals surface area contributed by atoms with Crippen LogP contribution in [0.4, 0.5) is 0 Å². The molecule has 2 N–H and O–H groups in total. The lowest BCUT2D eigenvalue weighted by Crippen LogP contribution is -2.67. The molecule has 17 heteroatoms. The van der Waals surface area contributed by atoms with Crippen LogP contribution in [-0.4, -0.2) is 122 Å². The van der Waals surface area contributed by atoms with Crippen molar-refractivity contribution in [3.8, 4) is 0 Å². The molecule has 5 aromatic carbocycles. The first-order chi connectivity index (χ1) is 41.4. The van der Waals surface area contributed by atoms with Gasteiger partial charge in [-0.05, 0) is 66.5 Å². The van der Waals surface area contributed by atoms with Crippen molar-refractivity contribution in [1.82, 2.24) is 5.32 Å². The van der Waals surface area contributed by atoms with Crippen molar-refractivity contribution in [3.05, 3.63) is 192 Å². The van der Waals surface area contributed by atoms with E-state index < -0.39 is 122 Å². The van der Waals surface area contributed by atoms with Gasteiger partial charge in [0.25, 0.3) is 0 Å². The van der Waals surface area contributed by atoms with Gasteiger partial charge in [0.05, 0.1) is 56.7 Å². The van der Waals surface area contributed by atoms with Gasteiger partial charge in [-0.15, -0.1) is 6.58 Å². The van der Waals surface area contributed by atoms with Crippen LogP contribution in [0.2, 0.25) is 0 Å². The summed E-state index contributed by atoms with van der Waals surface area (Å²) >= 11 is 0. The highest BCUT2D eigenvalue weighted by molar-refractivity contribution is 5.89. The highest BCUT2D eigenvalue weighted by Gasteiger charge is 2.54. The van der Waals surface area contributed by atoms with E-state index in [0.29, 0.717) is 0 Å². The number of aliphatic hydroxyl groups is 1. The van der Waals surface area contributed by atoms with E-state index in [1.807, 2.05) is 128 Å². The van der Waals surface area contributed by atoms with Crippen molar-refractivity contribution in [3.63, 3.8) is 0 Å². The predicted molar refractivity (Wildman–Crippen MR) is 313 cm³/mol. The second kappa shape index (κ2) is 31.7. The van der Waals surface area contributed by atoms with Crippen LogP contribution in [0.1, 0.15) is 97.8 Å². The number of carbonyl (C=O) groups is 4. The average Bonchev–Trinajstić information content (AvgIpc) is 2.38. The molecular formula is C68H81NO16. The van der Waals surface area contributed by atoms with Crippen LogP contribution in [0.25, 0.3) is 0 Å². The molecule has 0 bridgehead atoms. The molecular weight excluding hydrogens is 1090 g/mol. The lowest BCUT2D eigenvalue weighted by atomic mass is 9.77. The zero-order valence-electron chi connectivity index (χ0n) is 48.7. The molecule has 6 unspecified atom stereocenters. The summed E-state index contributed by atoms with van der Waals surface area (Å²) < 4.78 is 72.7. The Morgan fingerprint density at radius 3 is 1.73 bits per heavy atom. The third-order valence-corrected chi connectivity index (χ3v) is 16.4. The van der Waals surface area contributed by atoms with Crippen molar-refractivity contribution >= 4 is 23.8 Å². The Kier molecular flexibility index (Phi) is 23.4. The van der Waals surface area contributed by atoms with Crippen LogP contribution >= 0.6 is 0 Å². The first kappa shape index (κ1) is 62.9. The fraction of sp³-hybridized carbons (Fsp3) is 0.471. The summed E-state index contributed by atoms with van der Waals surface area (Å²) in [6.45, 7) is 7.52. The lowest BCUT2D eigenvalue weighted by Gasteiger charge is -2.50. The number of hydrogen-bond acceptors (Lipinski definition) is 16. The number of nitrogens with one attached hydrogen (secondary N) is 1. The van der Waals surface area contributed by atoms with E-state index in [-0.39, 0.29) is 57.2 Å². The molecule has 15 atom stereocenters. The Morgan fingerprint density at radius 2 is 1.18 bits per heavy atom. The Hall–Kier alpha value is -6.64. The molecule has 2 heterocycles. The first-order valence-electron chi connectivity index (χ1n) is 29.8. The summed E-state index contributed by atoms with van der Waals surface area (Å²) in [5.41, 5.74) is 3.80. The number of amides is 1. The monoisotopic (exact) mass is 1170 g/mol. The van der Waals surface area contributed by atoms with Crippen molar-refractivity contribution in [2.75, 3.05) is 13.7 Å². The Labute approximate surface area is 498 Å². The van der Waals surface area contributed by atoms with E-state index in [1.54, 1.807) is 36.4 Å². The second-order valence-electron chi connectivity index (χ2n) is 22.5.